The molecular formula is C8H8NO2. The van der Waals surface area contributed by atoms with Crippen molar-refractivity contribution in [2.75, 3.05) is 0 Å². The minimum absolute atomic E-state index is 0.0337. The highest BCUT2D eigenvalue weighted by Crippen LogP contribution is 2.14. The zero-order valence-corrected chi connectivity index (χ0v) is 5.87. The number of rotatable bonds is 1. The van der Waals surface area contributed by atoms with Crippen LogP contribution in [0.25, 0.3) is 0 Å². The molecule has 0 spiro atoms. The summed E-state index contributed by atoms with van der Waals surface area (Å²) in [4.78, 5) is 10.9. The Morgan fingerprint density at radius 3 is 2.64 bits per heavy atom. The molecule has 3 nitrogen and oxygen atoms in total. The van der Waals surface area contributed by atoms with Gasteiger partial charge in [0.1, 0.15) is 5.75 Å². The highest BCUT2D eigenvalue weighted by Gasteiger charge is 2.06. The van der Waals surface area contributed by atoms with E-state index in [1.54, 1.807) is 12.1 Å². The molecule has 11 heavy (non-hydrogen) atoms. The molecule has 0 aliphatic heterocycles. The summed E-state index contributed by atoms with van der Waals surface area (Å²) < 4.78 is 0. The number of phenolic OH excluding ortho intramolecular Hbond substituents is 1. The Morgan fingerprint density at radius 2 is 2.09 bits per heavy atom. The Hall–Kier alpha value is -1.51. The van der Waals surface area contributed by atoms with Crippen LogP contribution in [0.2, 0.25) is 0 Å². The monoisotopic (exact) mass is 150 g/mol. The van der Waals surface area contributed by atoms with Crippen LogP contribution in [-0.2, 0) is 0 Å². The number of nitrogens with one attached hydrogen (secondary N) is 1. The molecule has 0 fully saturated rings. The fourth-order valence-corrected chi connectivity index (χ4v) is 0.761. The van der Waals surface area contributed by atoms with Crippen molar-refractivity contribution in [2.45, 2.75) is 0 Å². The lowest BCUT2D eigenvalue weighted by atomic mass is 10.2. The van der Waals surface area contributed by atoms with Crippen LogP contribution < -0.4 is 5.32 Å². The molecule has 0 bridgehead atoms. The molecule has 1 radical (unpaired) electrons. The van der Waals surface area contributed by atoms with E-state index in [0.717, 1.165) is 0 Å². The number of hydrogen-bond donors (Lipinski definition) is 2. The number of aromatic hydroxyl groups is 1. The average Bonchev–Trinajstić information content (AvgIpc) is 2.04. The second kappa shape index (κ2) is 3.05. The van der Waals surface area contributed by atoms with Gasteiger partial charge >= 0.3 is 0 Å². The first kappa shape index (κ1) is 7.60. The number of para-hydroxylation sites is 1. The van der Waals surface area contributed by atoms with Crippen LogP contribution in [-0.4, -0.2) is 11.0 Å². The van der Waals surface area contributed by atoms with Crippen LogP contribution in [0.1, 0.15) is 10.4 Å². The van der Waals surface area contributed by atoms with E-state index < -0.39 is 0 Å². The first-order valence-electron chi connectivity index (χ1n) is 3.11. The van der Waals surface area contributed by atoms with Gasteiger partial charge in [0.15, 0.2) is 0 Å². The van der Waals surface area contributed by atoms with Gasteiger partial charge < -0.3 is 10.4 Å². The van der Waals surface area contributed by atoms with Gasteiger partial charge in [0.05, 0.1) is 5.56 Å². The fourth-order valence-electron chi connectivity index (χ4n) is 0.761. The second-order valence-electron chi connectivity index (χ2n) is 2.02. The smallest absolute Gasteiger partial charge is 0.255 e. The molecule has 1 rings (SSSR count). The average molecular weight is 150 g/mol. The van der Waals surface area contributed by atoms with Crippen molar-refractivity contribution in [2.24, 2.45) is 0 Å². The summed E-state index contributed by atoms with van der Waals surface area (Å²) in [6.07, 6.45) is 0. The molecule has 0 aliphatic carbocycles. The van der Waals surface area contributed by atoms with Gasteiger partial charge in [-0.1, -0.05) is 12.1 Å². The summed E-state index contributed by atoms with van der Waals surface area (Å²) >= 11 is 0. The summed E-state index contributed by atoms with van der Waals surface area (Å²) in [5.74, 6) is -0.420. The number of carbonyl (C=O) groups is 1. The molecule has 1 aromatic carbocycles. The minimum Gasteiger partial charge on any atom is -0.507 e. The van der Waals surface area contributed by atoms with Crippen LogP contribution in [0, 0.1) is 7.05 Å². The van der Waals surface area contributed by atoms with E-state index in [-0.39, 0.29) is 17.2 Å². The highest BCUT2D eigenvalue weighted by molar-refractivity contribution is 5.96. The van der Waals surface area contributed by atoms with Gasteiger partial charge in [-0.3, -0.25) is 4.79 Å². The van der Waals surface area contributed by atoms with E-state index in [1.165, 1.54) is 12.1 Å². The van der Waals surface area contributed by atoms with Gasteiger partial charge in [-0.15, -0.1) is 0 Å². The molecule has 0 aliphatic rings. The Labute approximate surface area is 64.7 Å². The Kier molecular flexibility index (Phi) is 2.11. The van der Waals surface area contributed by atoms with Crippen LogP contribution in [0.5, 0.6) is 5.75 Å². The predicted octanol–water partition coefficient (Wildman–Crippen LogP) is 0.914. The molecular weight excluding hydrogens is 142 g/mol. The van der Waals surface area contributed by atoms with Gasteiger partial charge in [0.2, 0.25) is 0 Å². The number of carbonyl (C=O) groups excluding carboxylic acids is 1. The van der Waals surface area contributed by atoms with Crippen LogP contribution in [0.15, 0.2) is 24.3 Å². The van der Waals surface area contributed by atoms with Crippen LogP contribution in [0.3, 0.4) is 0 Å². The summed E-state index contributed by atoms with van der Waals surface area (Å²) in [5, 5.41) is 11.3. The summed E-state index contributed by atoms with van der Waals surface area (Å²) in [5.41, 5.74) is 0.238. The van der Waals surface area contributed by atoms with Crippen molar-refractivity contribution in [1.82, 2.24) is 5.32 Å². The molecule has 0 heterocycles. The van der Waals surface area contributed by atoms with Gasteiger partial charge in [0.25, 0.3) is 5.91 Å². The lowest BCUT2D eigenvalue weighted by Gasteiger charge is -2.00. The third-order valence-electron chi connectivity index (χ3n) is 1.31. The lowest BCUT2D eigenvalue weighted by molar-refractivity contribution is 0.0966. The minimum atomic E-state index is -0.386. The van der Waals surface area contributed by atoms with Crippen molar-refractivity contribution in [3.63, 3.8) is 0 Å². The fraction of sp³-hybridized carbons (Fsp3) is 0. The SMILES string of the molecule is [CH2]NC(=O)c1ccccc1O. The summed E-state index contributed by atoms with van der Waals surface area (Å²) in [6.45, 7) is 0. The van der Waals surface area contributed by atoms with Crippen molar-refractivity contribution >= 4 is 5.91 Å². The van der Waals surface area contributed by atoms with Crippen molar-refractivity contribution in [3.05, 3.63) is 36.9 Å². The van der Waals surface area contributed by atoms with E-state index in [9.17, 15) is 4.79 Å². The highest BCUT2D eigenvalue weighted by atomic mass is 16.3. The molecule has 3 heteroatoms. The molecule has 57 valence electrons. The van der Waals surface area contributed by atoms with Crippen LogP contribution in [0.4, 0.5) is 0 Å². The first-order chi connectivity index (χ1) is 5.25. The van der Waals surface area contributed by atoms with E-state index in [4.69, 9.17) is 5.11 Å². The normalized spacial score (nSPS) is 9.18. The topological polar surface area (TPSA) is 49.3 Å². The molecule has 0 saturated heterocycles. The molecule has 0 unspecified atom stereocenters. The van der Waals surface area contributed by atoms with E-state index in [1.807, 2.05) is 0 Å². The lowest BCUT2D eigenvalue weighted by Crippen LogP contribution is -2.15. The van der Waals surface area contributed by atoms with E-state index >= 15 is 0 Å². The van der Waals surface area contributed by atoms with Gasteiger partial charge in [-0.05, 0) is 12.1 Å². The number of phenols is 1. The largest absolute Gasteiger partial charge is 0.507 e. The second-order valence-corrected chi connectivity index (χ2v) is 2.02. The van der Waals surface area contributed by atoms with Crippen molar-refractivity contribution in [3.8, 4) is 5.75 Å². The number of benzene rings is 1. The molecule has 1 amide bonds. The standard InChI is InChI=1S/C8H8NO2/c1-9-8(11)6-4-2-3-5-7(6)10/h2-5,10H,1H2,(H,9,11). The Balaban J connectivity index is 3.03. The predicted molar refractivity (Wildman–Crippen MR) is 40.9 cm³/mol. The third-order valence-corrected chi connectivity index (χ3v) is 1.31. The molecule has 0 aromatic heterocycles. The first-order valence-corrected chi connectivity index (χ1v) is 3.11. The summed E-state index contributed by atoms with van der Waals surface area (Å²) in [7, 11) is 3.19. The Morgan fingerprint density at radius 1 is 1.45 bits per heavy atom. The number of hydrogen-bond acceptors (Lipinski definition) is 2. The molecule has 1 aromatic rings. The van der Waals surface area contributed by atoms with Gasteiger partial charge in [0, 0.05) is 7.05 Å². The molecule has 0 atom stereocenters. The summed E-state index contributed by atoms with van der Waals surface area (Å²) in [6, 6.07) is 6.29. The van der Waals surface area contributed by atoms with Crippen molar-refractivity contribution in [1.29, 1.82) is 0 Å². The molecule has 0 saturated carbocycles. The van der Waals surface area contributed by atoms with E-state index in [0.29, 0.717) is 0 Å². The Bertz CT molecular complexity index is 271. The maximum absolute atomic E-state index is 10.9. The zero-order chi connectivity index (χ0) is 8.27. The van der Waals surface area contributed by atoms with Crippen molar-refractivity contribution < 1.29 is 9.90 Å². The maximum atomic E-state index is 10.9. The molecule has 2 N–H and O–H groups in total. The van der Waals surface area contributed by atoms with Gasteiger partial charge in [-0.2, -0.15) is 0 Å². The quantitative estimate of drug-likeness (QED) is 0.625. The van der Waals surface area contributed by atoms with E-state index in [2.05, 4.69) is 12.4 Å². The third kappa shape index (κ3) is 1.49. The number of amides is 1. The zero-order valence-electron chi connectivity index (χ0n) is 5.87. The maximum Gasteiger partial charge on any atom is 0.255 e. The van der Waals surface area contributed by atoms with Gasteiger partial charge in [-0.25, -0.2) is 0 Å². The van der Waals surface area contributed by atoms with Crippen LogP contribution >= 0.6 is 0 Å².